The van der Waals surface area contributed by atoms with Gasteiger partial charge < -0.3 is 4.57 Å². The predicted molar refractivity (Wildman–Crippen MR) is 94.3 cm³/mol. The molecule has 0 saturated carbocycles. The van der Waals surface area contributed by atoms with E-state index in [1.807, 2.05) is 16.8 Å². The number of nitrogens with zero attached hydrogens (tertiary/aromatic N) is 4. The monoisotopic (exact) mass is 350 g/mol. The number of halogens is 2. The van der Waals surface area contributed by atoms with Crippen molar-refractivity contribution in [3.63, 3.8) is 0 Å². The summed E-state index contributed by atoms with van der Waals surface area (Å²) < 4.78 is 17.4. The summed E-state index contributed by atoms with van der Waals surface area (Å²) in [6, 6.07) is 10.5. The minimum atomic E-state index is -0.240. The Hall–Kier alpha value is -2.92. The van der Waals surface area contributed by atoms with E-state index in [0.717, 1.165) is 33.9 Å². The van der Waals surface area contributed by atoms with E-state index in [0.29, 0.717) is 11.7 Å². The first-order chi connectivity index (χ1) is 12.2. The van der Waals surface area contributed by atoms with Crippen molar-refractivity contribution in [3.8, 4) is 28.3 Å². The number of benzene rings is 1. The lowest BCUT2D eigenvalue weighted by atomic mass is 10.1. The molecule has 0 spiro atoms. The molecule has 1 aromatic carbocycles. The minimum Gasteiger partial charge on any atom is -0.340 e. The Morgan fingerprint density at radius 1 is 1.04 bits per heavy atom. The molecule has 122 valence electrons. The molecule has 5 rings (SSSR count). The van der Waals surface area contributed by atoms with Crippen LogP contribution >= 0.6 is 11.6 Å². The Balaban J connectivity index is 1.71. The number of imidazole rings is 1. The summed E-state index contributed by atoms with van der Waals surface area (Å²) in [5.41, 5.74) is 5.03. The molecule has 25 heavy (non-hydrogen) atoms. The Morgan fingerprint density at radius 3 is 2.72 bits per heavy atom. The minimum absolute atomic E-state index is 0.240. The van der Waals surface area contributed by atoms with Crippen LogP contribution in [0.2, 0.25) is 5.15 Å². The molecule has 4 nitrogen and oxygen atoms in total. The topological polar surface area (TPSA) is 35.6 Å². The Kier molecular flexibility index (Phi) is 3.05. The predicted octanol–water partition coefficient (Wildman–Crippen LogP) is 4.56. The Labute approximate surface area is 148 Å². The molecule has 4 aromatic rings. The molecule has 0 fully saturated rings. The maximum atomic E-state index is 13.2. The second-order valence-corrected chi connectivity index (χ2v) is 6.39. The van der Waals surface area contributed by atoms with Gasteiger partial charge in [-0.15, -0.1) is 0 Å². The van der Waals surface area contributed by atoms with Gasteiger partial charge in [-0.25, -0.2) is 14.4 Å². The normalized spacial score (nSPS) is 12.2. The van der Waals surface area contributed by atoms with Crippen LogP contribution in [0.3, 0.4) is 0 Å². The third-order valence-corrected chi connectivity index (χ3v) is 4.68. The average molecular weight is 351 g/mol. The number of hydrogen-bond donors (Lipinski definition) is 0. The number of rotatable bonds is 1. The van der Waals surface area contributed by atoms with Crippen molar-refractivity contribution in [1.82, 2.24) is 19.1 Å². The number of pyridine rings is 1. The third kappa shape index (κ3) is 2.27. The van der Waals surface area contributed by atoms with Crippen molar-refractivity contribution in [2.24, 2.45) is 0 Å². The molecule has 6 heteroatoms. The number of fused-ring (bicyclic) bond motifs is 5. The standard InChI is InChI=1S/C19H12ClFN4/c20-18-8-14-11-24-10-13(12-1-3-15(21)4-2-12)7-16(24)19-22-5-6-25(19)17(14)9-23-18/h1-10H,11H2. The van der Waals surface area contributed by atoms with E-state index in [-0.39, 0.29) is 5.82 Å². The van der Waals surface area contributed by atoms with Crippen LogP contribution in [-0.4, -0.2) is 19.1 Å². The molecule has 1 aliphatic rings. The fourth-order valence-corrected chi connectivity index (χ4v) is 3.48. The molecule has 0 amide bonds. The lowest BCUT2D eigenvalue weighted by molar-refractivity contribution is 0.628. The van der Waals surface area contributed by atoms with E-state index >= 15 is 0 Å². The van der Waals surface area contributed by atoms with E-state index < -0.39 is 0 Å². The summed E-state index contributed by atoms with van der Waals surface area (Å²) in [6.45, 7) is 0.664. The molecule has 0 radical (unpaired) electrons. The molecule has 3 aromatic heterocycles. The van der Waals surface area contributed by atoms with E-state index in [1.165, 1.54) is 12.1 Å². The van der Waals surface area contributed by atoms with E-state index in [4.69, 9.17) is 11.6 Å². The average Bonchev–Trinajstić information content (AvgIpc) is 3.21. The van der Waals surface area contributed by atoms with Crippen LogP contribution in [0.25, 0.3) is 28.3 Å². The highest BCUT2D eigenvalue weighted by atomic mass is 35.5. The molecular formula is C19H12ClFN4. The smallest absolute Gasteiger partial charge is 0.161 e. The van der Waals surface area contributed by atoms with Crippen molar-refractivity contribution in [2.45, 2.75) is 6.54 Å². The highest BCUT2D eigenvalue weighted by Gasteiger charge is 2.21. The van der Waals surface area contributed by atoms with Crippen molar-refractivity contribution < 1.29 is 4.39 Å². The second kappa shape index (κ2) is 5.29. The molecular weight excluding hydrogens is 339 g/mol. The van der Waals surface area contributed by atoms with Gasteiger partial charge in [0.05, 0.1) is 17.6 Å². The first kappa shape index (κ1) is 14.4. The fraction of sp³-hybridized carbons (Fsp3) is 0.0526. The van der Waals surface area contributed by atoms with Crippen molar-refractivity contribution in [1.29, 1.82) is 0 Å². The van der Waals surface area contributed by atoms with Crippen LogP contribution < -0.4 is 0 Å². The lowest BCUT2D eigenvalue weighted by Crippen LogP contribution is -2.00. The molecule has 0 bridgehead atoms. The lowest BCUT2D eigenvalue weighted by Gasteiger charge is -2.08. The molecule has 0 N–H and O–H groups in total. The van der Waals surface area contributed by atoms with Gasteiger partial charge in [0.15, 0.2) is 5.82 Å². The molecule has 4 heterocycles. The van der Waals surface area contributed by atoms with E-state index in [9.17, 15) is 4.39 Å². The zero-order valence-corrected chi connectivity index (χ0v) is 13.8. The van der Waals surface area contributed by atoms with Crippen molar-refractivity contribution >= 4 is 11.6 Å². The summed E-state index contributed by atoms with van der Waals surface area (Å²) in [7, 11) is 0. The SMILES string of the molecule is Fc1ccc(-c2cc3n(c2)Cc2cc(Cl)ncc2-n2ccnc2-3)cc1. The summed E-state index contributed by atoms with van der Waals surface area (Å²) in [5, 5.41) is 0.467. The Bertz CT molecular complexity index is 1100. The first-order valence-electron chi connectivity index (χ1n) is 7.84. The van der Waals surface area contributed by atoms with Crippen LogP contribution in [0.5, 0.6) is 0 Å². The van der Waals surface area contributed by atoms with E-state index in [2.05, 4.69) is 26.8 Å². The van der Waals surface area contributed by atoms with Gasteiger partial charge in [-0.05, 0) is 29.8 Å². The third-order valence-electron chi connectivity index (χ3n) is 4.48. The fourth-order valence-electron chi connectivity index (χ4n) is 3.30. The van der Waals surface area contributed by atoms with Crippen LogP contribution in [0.4, 0.5) is 4.39 Å². The van der Waals surface area contributed by atoms with Gasteiger partial charge in [0.25, 0.3) is 0 Å². The largest absolute Gasteiger partial charge is 0.340 e. The summed E-state index contributed by atoms with van der Waals surface area (Å²) >= 11 is 6.09. The Morgan fingerprint density at radius 2 is 1.88 bits per heavy atom. The highest BCUT2D eigenvalue weighted by molar-refractivity contribution is 6.29. The summed E-state index contributed by atoms with van der Waals surface area (Å²) in [4.78, 5) is 8.73. The van der Waals surface area contributed by atoms with Gasteiger partial charge in [0.2, 0.25) is 0 Å². The maximum absolute atomic E-state index is 13.2. The van der Waals surface area contributed by atoms with Gasteiger partial charge in [0.1, 0.15) is 11.0 Å². The van der Waals surface area contributed by atoms with Crippen LogP contribution in [0, 0.1) is 5.82 Å². The van der Waals surface area contributed by atoms with Gasteiger partial charge in [-0.3, -0.25) is 4.57 Å². The van der Waals surface area contributed by atoms with Gasteiger partial charge in [-0.2, -0.15) is 0 Å². The zero-order valence-electron chi connectivity index (χ0n) is 13.0. The molecule has 0 aliphatic carbocycles. The van der Waals surface area contributed by atoms with Crippen LogP contribution in [-0.2, 0) is 6.54 Å². The summed E-state index contributed by atoms with van der Waals surface area (Å²) in [5.74, 6) is 0.604. The number of aromatic nitrogens is 4. The van der Waals surface area contributed by atoms with Gasteiger partial charge in [-0.1, -0.05) is 23.7 Å². The van der Waals surface area contributed by atoms with Crippen LogP contribution in [0.15, 0.2) is 61.2 Å². The zero-order chi connectivity index (χ0) is 17.0. The van der Waals surface area contributed by atoms with Gasteiger partial charge >= 0.3 is 0 Å². The summed E-state index contributed by atoms with van der Waals surface area (Å²) in [6.07, 6.45) is 7.53. The first-order valence-corrected chi connectivity index (χ1v) is 8.21. The van der Waals surface area contributed by atoms with Crippen molar-refractivity contribution in [3.05, 3.63) is 77.7 Å². The van der Waals surface area contributed by atoms with Crippen molar-refractivity contribution in [2.75, 3.05) is 0 Å². The van der Waals surface area contributed by atoms with Gasteiger partial charge in [0, 0.05) is 36.3 Å². The number of hydrogen-bond acceptors (Lipinski definition) is 2. The second-order valence-electron chi connectivity index (χ2n) is 6.01. The highest BCUT2D eigenvalue weighted by Crippen LogP contribution is 2.34. The maximum Gasteiger partial charge on any atom is 0.161 e. The quantitative estimate of drug-likeness (QED) is 0.415. The molecule has 0 atom stereocenters. The van der Waals surface area contributed by atoms with Crippen LogP contribution in [0.1, 0.15) is 5.56 Å². The molecule has 0 saturated heterocycles. The molecule has 1 aliphatic heterocycles. The molecule has 0 unspecified atom stereocenters. The van der Waals surface area contributed by atoms with E-state index in [1.54, 1.807) is 24.5 Å².